The van der Waals surface area contributed by atoms with Crippen LogP contribution in [0, 0.1) is 17.3 Å². The van der Waals surface area contributed by atoms with Crippen molar-refractivity contribution in [3.63, 3.8) is 0 Å². The zero-order chi connectivity index (χ0) is 12.7. The van der Waals surface area contributed by atoms with E-state index in [-0.39, 0.29) is 12.5 Å². The van der Waals surface area contributed by atoms with Crippen LogP contribution in [0.5, 0.6) is 0 Å². The van der Waals surface area contributed by atoms with Crippen LogP contribution in [-0.2, 0) is 9.59 Å². The Kier molecular flexibility index (Phi) is 3.28. The summed E-state index contributed by atoms with van der Waals surface area (Å²) in [6.45, 7) is 5.39. The lowest BCUT2D eigenvalue weighted by Gasteiger charge is -2.19. The molecule has 0 aromatic heterocycles. The van der Waals surface area contributed by atoms with Crippen LogP contribution in [0.2, 0.25) is 0 Å². The van der Waals surface area contributed by atoms with Gasteiger partial charge in [0.25, 0.3) is 0 Å². The van der Waals surface area contributed by atoms with Gasteiger partial charge in [0.1, 0.15) is 0 Å². The van der Waals surface area contributed by atoms with E-state index >= 15 is 0 Å². The molecule has 0 bridgehead atoms. The molecule has 5 nitrogen and oxygen atoms in total. The van der Waals surface area contributed by atoms with Gasteiger partial charge in [0, 0.05) is 13.6 Å². The molecule has 3 unspecified atom stereocenters. The first-order chi connectivity index (χ1) is 7.19. The maximum Gasteiger partial charge on any atom is 0.307 e. The minimum Gasteiger partial charge on any atom is -0.481 e. The zero-order valence-electron chi connectivity index (χ0n) is 10.1. The van der Waals surface area contributed by atoms with E-state index in [9.17, 15) is 9.59 Å². The van der Waals surface area contributed by atoms with Crippen LogP contribution in [0.4, 0.5) is 0 Å². The van der Waals surface area contributed by atoms with Crippen molar-refractivity contribution < 1.29 is 19.8 Å². The number of hydrogen-bond acceptors (Lipinski definition) is 3. The highest BCUT2D eigenvalue weighted by Crippen LogP contribution is 2.58. The number of aliphatic carboxylic acids is 1. The van der Waals surface area contributed by atoms with Crippen molar-refractivity contribution in [2.75, 3.05) is 13.6 Å². The van der Waals surface area contributed by atoms with E-state index < -0.39 is 29.3 Å². The van der Waals surface area contributed by atoms with Crippen LogP contribution < -0.4 is 0 Å². The van der Waals surface area contributed by atoms with Crippen LogP contribution in [-0.4, -0.2) is 46.7 Å². The molecule has 5 heteroatoms. The average molecular weight is 229 g/mol. The molecule has 0 aliphatic heterocycles. The van der Waals surface area contributed by atoms with Gasteiger partial charge in [-0.2, -0.15) is 0 Å². The van der Waals surface area contributed by atoms with Gasteiger partial charge in [0.2, 0.25) is 5.91 Å². The fraction of sp³-hybridized carbons (Fsp3) is 0.818. The molecule has 16 heavy (non-hydrogen) atoms. The van der Waals surface area contributed by atoms with Crippen molar-refractivity contribution in [1.82, 2.24) is 4.90 Å². The fourth-order valence-corrected chi connectivity index (χ4v) is 2.28. The third kappa shape index (κ3) is 2.19. The Morgan fingerprint density at radius 3 is 2.19 bits per heavy atom. The molecule has 1 amide bonds. The van der Waals surface area contributed by atoms with E-state index in [4.69, 9.17) is 10.2 Å². The molecule has 92 valence electrons. The number of likely N-dealkylation sites (N-methyl/N-ethyl adjacent to an activating group) is 1. The number of rotatable bonds is 4. The second-order valence-corrected chi connectivity index (χ2v) is 5.18. The Morgan fingerprint density at radius 2 is 1.88 bits per heavy atom. The molecule has 0 aromatic carbocycles. The maximum absolute atomic E-state index is 11.9. The molecule has 0 aromatic rings. The van der Waals surface area contributed by atoms with Crippen LogP contribution in [0.1, 0.15) is 20.8 Å². The predicted molar refractivity (Wildman–Crippen MR) is 57.7 cm³/mol. The standard InChI is InChI=1S/C11H19NO4/c1-6(13)5-12(4)9(14)7-8(10(15)16)11(7,2)3/h6-8,13H,5H2,1-4H3,(H,15,16). The summed E-state index contributed by atoms with van der Waals surface area (Å²) >= 11 is 0. The van der Waals surface area contributed by atoms with Gasteiger partial charge in [-0.15, -0.1) is 0 Å². The Bertz CT molecular complexity index is 311. The number of hydrogen-bond donors (Lipinski definition) is 2. The molecule has 1 aliphatic carbocycles. The molecule has 0 spiro atoms. The highest BCUT2D eigenvalue weighted by molar-refractivity contribution is 5.91. The molecular weight excluding hydrogens is 210 g/mol. The van der Waals surface area contributed by atoms with Crippen molar-refractivity contribution in [3.8, 4) is 0 Å². The SMILES string of the molecule is CC(O)CN(C)C(=O)C1C(C(=O)O)C1(C)C. The first kappa shape index (κ1) is 13.0. The molecular formula is C11H19NO4. The second-order valence-electron chi connectivity index (χ2n) is 5.18. The lowest BCUT2D eigenvalue weighted by Crippen LogP contribution is -2.35. The number of aliphatic hydroxyl groups is 1. The summed E-state index contributed by atoms with van der Waals surface area (Å²) in [5, 5.41) is 18.1. The van der Waals surface area contributed by atoms with Gasteiger partial charge in [0.05, 0.1) is 17.9 Å². The lowest BCUT2D eigenvalue weighted by atomic mass is 10.1. The Balaban J connectivity index is 2.67. The second kappa shape index (κ2) is 4.05. The minimum atomic E-state index is -0.922. The Hall–Kier alpha value is -1.10. The van der Waals surface area contributed by atoms with Gasteiger partial charge in [-0.05, 0) is 12.3 Å². The summed E-state index contributed by atoms with van der Waals surface area (Å²) in [6, 6.07) is 0. The summed E-state index contributed by atoms with van der Waals surface area (Å²) in [4.78, 5) is 24.2. The highest BCUT2D eigenvalue weighted by Gasteiger charge is 2.66. The third-order valence-corrected chi connectivity index (χ3v) is 3.27. The average Bonchev–Trinajstić information content (AvgIpc) is 2.66. The van der Waals surface area contributed by atoms with E-state index in [1.54, 1.807) is 27.8 Å². The van der Waals surface area contributed by atoms with Crippen LogP contribution >= 0.6 is 0 Å². The number of aliphatic hydroxyl groups excluding tert-OH is 1. The first-order valence-electron chi connectivity index (χ1n) is 5.35. The highest BCUT2D eigenvalue weighted by atomic mass is 16.4. The van der Waals surface area contributed by atoms with Gasteiger partial charge in [-0.25, -0.2) is 0 Å². The van der Waals surface area contributed by atoms with Crippen LogP contribution in [0.25, 0.3) is 0 Å². The van der Waals surface area contributed by atoms with Crippen molar-refractivity contribution in [3.05, 3.63) is 0 Å². The minimum absolute atomic E-state index is 0.196. The Labute approximate surface area is 95.1 Å². The summed E-state index contributed by atoms with van der Waals surface area (Å²) in [5.41, 5.74) is -0.476. The number of amides is 1. The number of nitrogens with zero attached hydrogens (tertiary/aromatic N) is 1. The molecule has 1 fully saturated rings. The number of carboxylic acid groups (broad SMARTS) is 1. The van der Waals surface area contributed by atoms with E-state index in [1.165, 1.54) is 4.90 Å². The normalized spacial score (nSPS) is 28.3. The van der Waals surface area contributed by atoms with Crippen molar-refractivity contribution >= 4 is 11.9 Å². The van der Waals surface area contributed by atoms with Crippen molar-refractivity contribution in [2.24, 2.45) is 17.3 Å². The largest absolute Gasteiger partial charge is 0.481 e. The van der Waals surface area contributed by atoms with Gasteiger partial charge >= 0.3 is 5.97 Å². The van der Waals surface area contributed by atoms with E-state index in [1.807, 2.05) is 0 Å². The first-order valence-corrected chi connectivity index (χ1v) is 5.35. The van der Waals surface area contributed by atoms with Gasteiger partial charge in [-0.3, -0.25) is 9.59 Å². The van der Waals surface area contributed by atoms with Gasteiger partial charge < -0.3 is 15.1 Å². The summed E-state index contributed by atoms with van der Waals surface area (Å²) in [5.74, 6) is -2.18. The summed E-state index contributed by atoms with van der Waals surface area (Å²) in [6.07, 6.45) is -0.598. The van der Waals surface area contributed by atoms with E-state index in [2.05, 4.69) is 0 Å². The molecule has 0 saturated heterocycles. The smallest absolute Gasteiger partial charge is 0.307 e. The number of carboxylic acids is 1. The topological polar surface area (TPSA) is 77.8 Å². The Morgan fingerprint density at radius 1 is 1.38 bits per heavy atom. The van der Waals surface area contributed by atoms with E-state index in [0.717, 1.165) is 0 Å². The summed E-state index contributed by atoms with van der Waals surface area (Å²) < 4.78 is 0. The molecule has 1 rings (SSSR count). The molecule has 3 atom stereocenters. The summed E-state index contributed by atoms with van der Waals surface area (Å²) in [7, 11) is 1.59. The van der Waals surface area contributed by atoms with Crippen molar-refractivity contribution in [1.29, 1.82) is 0 Å². The lowest BCUT2D eigenvalue weighted by molar-refractivity contribution is -0.142. The number of carbonyl (C=O) groups excluding carboxylic acids is 1. The molecule has 0 heterocycles. The van der Waals surface area contributed by atoms with Gasteiger partial charge in [0.15, 0.2) is 0 Å². The molecule has 0 radical (unpaired) electrons. The number of carbonyl (C=O) groups is 2. The van der Waals surface area contributed by atoms with Crippen LogP contribution in [0.3, 0.4) is 0 Å². The van der Waals surface area contributed by atoms with Crippen molar-refractivity contribution in [2.45, 2.75) is 26.9 Å². The van der Waals surface area contributed by atoms with Gasteiger partial charge in [-0.1, -0.05) is 13.8 Å². The molecule has 1 saturated carbocycles. The fourth-order valence-electron chi connectivity index (χ4n) is 2.28. The third-order valence-electron chi connectivity index (χ3n) is 3.27. The molecule has 1 aliphatic rings. The van der Waals surface area contributed by atoms with Crippen LogP contribution in [0.15, 0.2) is 0 Å². The zero-order valence-corrected chi connectivity index (χ0v) is 10.1. The predicted octanol–water partition coefficient (Wildman–Crippen LogP) is 0.182. The monoisotopic (exact) mass is 229 g/mol. The van der Waals surface area contributed by atoms with E-state index in [0.29, 0.717) is 0 Å². The maximum atomic E-state index is 11.9. The quantitative estimate of drug-likeness (QED) is 0.721. The molecule has 2 N–H and O–H groups in total.